The van der Waals surface area contributed by atoms with Crippen LogP contribution in [0.5, 0.6) is 0 Å². The number of carbonyl (C=O) groups excluding carboxylic acids is 1. The molecule has 14 heavy (non-hydrogen) atoms. The molecule has 2 aliphatic heterocycles. The van der Waals surface area contributed by atoms with Gasteiger partial charge in [0.2, 0.25) is 0 Å². The molecule has 0 radical (unpaired) electrons. The van der Waals surface area contributed by atoms with Crippen molar-refractivity contribution >= 4 is 17.8 Å². The molecule has 4 atom stereocenters. The van der Waals surface area contributed by atoms with Gasteiger partial charge in [0.1, 0.15) is 0 Å². The van der Waals surface area contributed by atoms with E-state index in [9.17, 15) is 4.79 Å². The lowest BCUT2D eigenvalue weighted by atomic mass is 9.94. The van der Waals surface area contributed by atoms with E-state index >= 15 is 0 Å². The van der Waals surface area contributed by atoms with Gasteiger partial charge in [0.25, 0.3) is 0 Å². The topological polar surface area (TPSA) is 41.1 Å². The van der Waals surface area contributed by atoms with Crippen LogP contribution in [0, 0.1) is 5.92 Å². The number of amides is 2. The fourth-order valence-corrected chi connectivity index (χ4v) is 4.11. The van der Waals surface area contributed by atoms with Crippen LogP contribution >= 0.6 is 11.8 Å². The minimum Gasteiger partial charge on any atom is -0.332 e. The van der Waals surface area contributed by atoms with Crippen molar-refractivity contribution in [1.29, 1.82) is 0 Å². The second kappa shape index (κ2) is 4.01. The van der Waals surface area contributed by atoms with Crippen molar-refractivity contribution in [2.75, 3.05) is 5.75 Å². The van der Waals surface area contributed by atoms with Gasteiger partial charge in [-0.1, -0.05) is 20.3 Å². The first kappa shape index (κ1) is 10.1. The normalized spacial score (nSPS) is 37.6. The zero-order chi connectivity index (χ0) is 10.1. The summed E-state index contributed by atoms with van der Waals surface area (Å²) in [4.78, 5) is 11.2. The summed E-state index contributed by atoms with van der Waals surface area (Å²) in [5, 5.41) is 6.62. The molecule has 3 nitrogen and oxygen atoms in total. The Morgan fingerprint density at radius 3 is 3.07 bits per heavy atom. The second-order valence-electron chi connectivity index (χ2n) is 4.31. The number of urea groups is 1. The van der Waals surface area contributed by atoms with E-state index < -0.39 is 0 Å². The predicted molar refractivity (Wildman–Crippen MR) is 59.6 cm³/mol. The van der Waals surface area contributed by atoms with Crippen molar-refractivity contribution in [3.63, 3.8) is 0 Å². The molecule has 2 rings (SSSR count). The molecule has 0 aromatic carbocycles. The van der Waals surface area contributed by atoms with Crippen molar-refractivity contribution in [3.8, 4) is 0 Å². The molecule has 2 amide bonds. The van der Waals surface area contributed by atoms with E-state index in [1.54, 1.807) is 0 Å². The predicted octanol–water partition coefficient (Wildman–Crippen LogP) is 1.59. The molecular weight excluding hydrogens is 196 g/mol. The number of hydrogen-bond donors (Lipinski definition) is 2. The summed E-state index contributed by atoms with van der Waals surface area (Å²) in [6.45, 7) is 4.52. The molecule has 0 aromatic heterocycles. The first-order valence-corrected chi connectivity index (χ1v) is 6.46. The standard InChI is InChI=1S/C10H18N2OS/c1-3-4-6(2)9-8-7(5-14-9)11-10(13)12-8/h6-9H,3-5H2,1-2H3,(H2,11,12,13)/t6?,7-,8-,9-/m0/s1. The summed E-state index contributed by atoms with van der Waals surface area (Å²) in [7, 11) is 0. The molecule has 4 heteroatoms. The number of nitrogens with one attached hydrogen (secondary N) is 2. The third-order valence-electron chi connectivity index (χ3n) is 3.17. The Labute approximate surface area is 89.4 Å². The molecule has 2 N–H and O–H groups in total. The molecule has 0 saturated carbocycles. The molecular formula is C10H18N2OS. The van der Waals surface area contributed by atoms with E-state index in [1.807, 2.05) is 11.8 Å². The molecule has 0 bridgehead atoms. The summed E-state index contributed by atoms with van der Waals surface area (Å²) >= 11 is 2.01. The molecule has 0 spiro atoms. The number of fused-ring (bicyclic) bond motifs is 1. The Morgan fingerprint density at radius 1 is 1.57 bits per heavy atom. The number of carbonyl (C=O) groups is 1. The van der Waals surface area contributed by atoms with Gasteiger partial charge < -0.3 is 10.6 Å². The van der Waals surface area contributed by atoms with Gasteiger partial charge in [-0.3, -0.25) is 0 Å². The van der Waals surface area contributed by atoms with Crippen molar-refractivity contribution in [3.05, 3.63) is 0 Å². The van der Waals surface area contributed by atoms with Crippen LogP contribution in [0.15, 0.2) is 0 Å². The Bertz CT molecular complexity index is 234. The van der Waals surface area contributed by atoms with Gasteiger partial charge in [0.15, 0.2) is 0 Å². The van der Waals surface area contributed by atoms with Crippen LogP contribution < -0.4 is 10.6 Å². The van der Waals surface area contributed by atoms with Gasteiger partial charge >= 0.3 is 6.03 Å². The minimum absolute atomic E-state index is 0.0222. The summed E-state index contributed by atoms with van der Waals surface area (Å²) in [5.74, 6) is 1.78. The third-order valence-corrected chi connectivity index (χ3v) is 4.87. The highest BCUT2D eigenvalue weighted by molar-refractivity contribution is 8.00. The van der Waals surface area contributed by atoms with Crippen LogP contribution in [0.4, 0.5) is 4.79 Å². The summed E-state index contributed by atoms with van der Waals surface area (Å²) in [5.41, 5.74) is 0. The van der Waals surface area contributed by atoms with E-state index in [0.29, 0.717) is 23.3 Å². The van der Waals surface area contributed by atoms with E-state index in [1.165, 1.54) is 12.8 Å². The smallest absolute Gasteiger partial charge is 0.315 e. The average Bonchev–Trinajstić information content (AvgIpc) is 2.62. The Balaban J connectivity index is 1.97. The molecule has 0 aromatic rings. The van der Waals surface area contributed by atoms with Crippen LogP contribution in [0.1, 0.15) is 26.7 Å². The fourth-order valence-electron chi connectivity index (χ4n) is 2.46. The lowest BCUT2D eigenvalue weighted by Crippen LogP contribution is -2.39. The Kier molecular flexibility index (Phi) is 2.91. The third kappa shape index (κ3) is 1.72. The van der Waals surface area contributed by atoms with E-state index in [-0.39, 0.29) is 6.03 Å². The van der Waals surface area contributed by atoms with Crippen LogP contribution in [0.3, 0.4) is 0 Å². The van der Waals surface area contributed by atoms with Gasteiger partial charge in [-0.15, -0.1) is 0 Å². The number of hydrogen-bond acceptors (Lipinski definition) is 2. The van der Waals surface area contributed by atoms with Gasteiger partial charge in [0, 0.05) is 11.0 Å². The highest BCUT2D eigenvalue weighted by atomic mass is 32.2. The first-order chi connectivity index (χ1) is 6.72. The highest BCUT2D eigenvalue weighted by Gasteiger charge is 2.44. The lowest BCUT2D eigenvalue weighted by molar-refractivity contribution is 0.246. The number of thioether (sulfide) groups is 1. The molecule has 0 aliphatic carbocycles. The monoisotopic (exact) mass is 214 g/mol. The average molecular weight is 214 g/mol. The van der Waals surface area contributed by atoms with Crippen molar-refractivity contribution in [1.82, 2.24) is 10.6 Å². The molecule has 80 valence electrons. The Hall–Kier alpha value is -0.380. The molecule has 2 fully saturated rings. The minimum atomic E-state index is 0.0222. The maximum Gasteiger partial charge on any atom is 0.315 e. The van der Waals surface area contributed by atoms with Crippen molar-refractivity contribution in [2.24, 2.45) is 5.92 Å². The largest absolute Gasteiger partial charge is 0.332 e. The van der Waals surface area contributed by atoms with E-state index in [4.69, 9.17) is 0 Å². The van der Waals surface area contributed by atoms with Crippen molar-refractivity contribution < 1.29 is 4.79 Å². The van der Waals surface area contributed by atoms with Crippen molar-refractivity contribution in [2.45, 2.75) is 44.0 Å². The van der Waals surface area contributed by atoms with E-state index in [2.05, 4.69) is 24.5 Å². The highest BCUT2D eigenvalue weighted by Crippen LogP contribution is 2.36. The van der Waals surface area contributed by atoms with Gasteiger partial charge in [-0.2, -0.15) is 11.8 Å². The zero-order valence-corrected chi connectivity index (χ0v) is 9.56. The van der Waals surface area contributed by atoms with Crippen LogP contribution in [0.25, 0.3) is 0 Å². The Morgan fingerprint density at radius 2 is 2.36 bits per heavy atom. The summed E-state index contributed by atoms with van der Waals surface area (Å²) in [6, 6.07) is 0.764. The fraction of sp³-hybridized carbons (Fsp3) is 0.900. The molecule has 1 unspecified atom stereocenters. The van der Waals surface area contributed by atoms with Gasteiger partial charge in [-0.05, 0) is 12.3 Å². The quantitative estimate of drug-likeness (QED) is 0.700. The SMILES string of the molecule is CCCC(C)[C@@H]1SC[C@@H]2NC(=O)N[C@@H]21. The lowest BCUT2D eigenvalue weighted by Gasteiger charge is -2.23. The maximum absolute atomic E-state index is 11.2. The maximum atomic E-state index is 11.2. The molecule has 2 saturated heterocycles. The van der Waals surface area contributed by atoms with Gasteiger partial charge in [0.05, 0.1) is 12.1 Å². The van der Waals surface area contributed by atoms with Crippen LogP contribution in [-0.2, 0) is 0 Å². The molecule has 2 heterocycles. The second-order valence-corrected chi connectivity index (χ2v) is 5.52. The first-order valence-electron chi connectivity index (χ1n) is 5.41. The van der Waals surface area contributed by atoms with E-state index in [0.717, 1.165) is 5.75 Å². The zero-order valence-electron chi connectivity index (χ0n) is 8.75. The van der Waals surface area contributed by atoms with Crippen LogP contribution in [0.2, 0.25) is 0 Å². The van der Waals surface area contributed by atoms with Gasteiger partial charge in [-0.25, -0.2) is 4.79 Å². The summed E-state index contributed by atoms with van der Waals surface area (Å²) < 4.78 is 0. The number of rotatable bonds is 3. The summed E-state index contributed by atoms with van der Waals surface area (Å²) in [6.07, 6.45) is 2.49. The van der Waals surface area contributed by atoms with Crippen LogP contribution in [-0.4, -0.2) is 29.1 Å². The molecule has 2 aliphatic rings.